The van der Waals surface area contributed by atoms with Gasteiger partial charge in [-0.2, -0.15) is 0 Å². The lowest BCUT2D eigenvalue weighted by Crippen LogP contribution is -2.14. The molecule has 1 atom stereocenters. The summed E-state index contributed by atoms with van der Waals surface area (Å²) in [6.07, 6.45) is 2.64. The van der Waals surface area contributed by atoms with E-state index < -0.39 is 0 Å². The van der Waals surface area contributed by atoms with E-state index in [0.717, 1.165) is 17.7 Å². The minimum atomic E-state index is 0.302. The summed E-state index contributed by atoms with van der Waals surface area (Å²) in [7, 11) is 0. The van der Waals surface area contributed by atoms with E-state index in [1.54, 1.807) is 6.20 Å². The van der Waals surface area contributed by atoms with Crippen LogP contribution in [0.2, 0.25) is 0 Å². The van der Waals surface area contributed by atoms with Crippen LogP contribution in [0, 0.1) is 0 Å². The molecule has 0 saturated carbocycles. The highest BCUT2D eigenvalue weighted by Crippen LogP contribution is 2.37. The molecule has 86 valence electrons. The van der Waals surface area contributed by atoms with E-state index in [1.165, 1.54) is 5.56 Å². The molecule has 0 radical (unpaired) electrons. The van der Waals surface area contributed by atoms with E-state index in [9.17, 15) is 0 Å². The maximum absolute atomic E-state index is 5.87. The van der Waals surface area contributed by atoms with Crippen LogP contribution in [0.4, 0.5) is 0 Å². The zero-order valence-corrected chi connectivity index (χ0v) is 9.47. The molecule has 3 heteroatoms. The number of hydrogen-bond acceptors (Lipinski definition) is 3. The Morgan fingerprint density at radius 2 is 2.12 bits per heavy atom. The number of pyridine rings is 1. The first kappa shape index (κ1) is 10.3. The monoisotopic (exact) mass is 226 g/mol. The van der Waals surface area contributed by atoms with Crippen LogP contribution in [0.15, 0.2) is 42.6 Å². The molecular weight excluding hydrogens is 212 g/mol. The highest BCUT2D eigenvalue weighted by molar-refractivity contribution is 5.44. The maximum Gasteiger partial charge on any atom is 0.222 e. The van der Waals surface area contributed by atoms with Gasteiger partial charge in [-0.3, -0.25) is 0 Å². The number of benzene rings is 1. The van der Waals surface area contributed by atoms with Crippen LogP contribution in [-0.4, -0.2) is 11.5 Å². The van der Waals surface area contributed by atoms with Gasteiger partial charge in [0.15, 0.2) is 0 Å². The topological polar surface area (TPSA) is 48.1 Å². The average Bonchev–Trinajstić information content (AvgIpc) is 2.54. The summed E-state index contributed by atoms with van der Waals surface area (Å²) in [4.78, 5) is 4.28. The summed E-state index contributed by atoms with van der Waals surface area (Å²) in [5.41, 5.74) is 8.17. The van der Waals surface area contributed by atoms with Crippen molar-refractivity contribution in [3.63, 3.8) is 0 Å². The Labute approximate surface area is 100 Å². The van der Waals surface area contributed by atoms with E-state index in [1.807, 2.05) is 24.3 Å². The molecule has 1 aromatic heterocycles. The van der Waals surface area contributed by atoms with E-state index in [-0.39, 0.29) is 0 Å². The van der Waals surface area contributed by atoms with Gasteiger partial charge in [0.1, 0.15) is 5.75 Å². The van der Waals surface area contributed by atoms with E-state index >= 15 is 0 Å². The third-order valence-corrected chi connectivity index (χ3v) is 3.17. The number of hydrogen-bond donors (Lipinski definition) is 1. The summed E-state index contributed by atoms with van der Waals surface area (Å²) in [5.74, 6) is 1.88. The zero-order chi connectivity index (χ0) is 11.7. The van der Waals surface area contributed by atoms with Crippen LogP contribution in [0.25, 0.3) is 0 Å². The van der Waals surface area contributed by atoms with Crippen molar-refractivity contribution in [3.05, 3.63) is 53.7 Å². The van der Waals surface area contributed by atoms with Gasteiger partial charge < -0.3 is 10.5 Å². The van der Waals surface area contributed by atoms with Gasteiger partial charge in [-0.1, -0.05) is 24.3 Å². The summed E-state index contributed by atoms with van der Waals surface area (Å²) in [6.45, 7) is 0.620. The molecule has 0 spiro atoms. The van der Waals surface area contributed by atoms with Crippen LogP contribution in [0.5, 0.6) is 11.6 Å². The first-order chi connectivity index (χ1) is 8.38. The number of nitrogens with zero attached hydrogens (tertiary/aromatic N) is 1. The minimum absolute atomic E-state index is 0.302. The second-order valence-corrected chi connectivity index (χ2v) is 4.24. The molecule has 3 nitrogen and oxygen atoms in total. The number of nitrogens with two attached hydrogens (primary N) is 1. The molecule has 1 aliphatic rings. The number of rotatable bonds is 1. The number of ether oxygens (including phenoxy) is 1. The minimum Gasteiger partial charge on any atom is -0.438 e. The highest BCUT2D eigenvalue weighted by atomic mass is 16.5. The molecule has 1 aliphatic heterocycles. The molecule has 0 bridgehead atoms. The van der Waals surface area contributed by atoms with Crippen LogP contribution in [0.1, 0.15) is 17.0 Å². The van der Waals surface area contributed by atoms with Gasteiger partial charge in [0, 0.05) is 17.7 Å². The van der Waals surface area contributed by atoms with Crippen molar-refractivity contribution < 1.29 is 4.74 Å². The third kappa shape index (κ3) is 1.78. The van der Waals surface area contributed by atoms with Crippen molar-refractivity contribution in [1.29, 1.82) is 0 Å². The van der Waals surface area contributed by atoms with Gasteiger partial charge in [-0.05, 0) is 30.7 Å². The molecule has 3 rings (SSSR count). The van der Waals surface area contributed by atoms with Crippen molar-refractivity contribution in [3.8, 4) is 11.6 Å². The van der Waals surface area contributed by atoms with Gasteiger partial charge in [0.25, 0.3) is 0 Å². The third-order valence-electron chi connectivity index (χ3n) is 3.17. The molecule has 2 aromatic rings. The molecule has 0 saturated heterocycles. The lowest BCUT2D eigenvalue weighted by Gasteiger charge is -2.13. The number of fused-ring (bicyclic) bond motifs is 2. The van der Waals surface area contributed by atoms with Gasteiger partial charge in [0.2, 0.25) is 5.88 Å². The molecule has 2 N–H and O–H groups in total. The first-order valence-corrected chi connectivity index (χ1v) is 5.79. The van der Waals surface area contributed by atoms with Gasteiger partial charge in [-0.25, -0.2) is 4.98 Å². The first-order valence-electron chi connectivity index (χ1n) is 5.79. The predicted octanol–water partition coefficient (Wildman–Crippen LogP) is 2.47. The van der Waals surface area contributed by atoms with Crippen molar-refractivity contribution >= 4 is 0 Å². The number of para-hydroxylation sites is 1. The summed E-state index contributed by atoms with van der Waals surface area (Å²) in [6, 6.07) is 12.0. The molecule has 17 heavy (non-hydrogen) atoms. The van der Waals surface area contributed by atoms with E-state index in [4.69, 9.17) is 10.5 Å². The zero-order valence-electron chi connectivity index (χ0n) is 9.47. The second-order valence-electron chi connectivity index (χ2n) is 4.24. The Bertz CT molecular complexity index is 539. The van der Waals surface area contributed by atoms with Crippen LogP contribution >= 0.6 is 0 Å². The van der Waals surface area contributed by atoms with E-state index in [2.05, 4.69) is 17.1 Å². The molecule has 1 aromatic carbocycles. The van der Waals surface area contributed by atoms with Crippen molar-refractivity contribution in [2.45, 2.75) is 12.3 Å². The van der Waals surface area contributed by atoms with Crippen molar-refractivity contribution in [2.75, 3.05) is 6.54 Å². The lowest BCUT2D eigenvalue weighted by molar-refractivity contribution is 0.459. The Hall–Kier alpha value is -1.87. The Kier molecular flexibility index (Phi) is 2.53. The Balaban J connectivity index is 2.13. The largest absolute Gasteiger partial charge is 0.438 e. The van der Waals surface area contributed by atoms with Gasteiger partial charge in [0.05, 0.1) is 0 Å². The van der Waals surface area contributed by atoms with Crippen molar-refractivity contribution in [1.82, 2.24) is 4.98 Å². The van der Waals surface area contributed by atoms with Crippen molar-refractivity contribution in [2.24, 2.45) is 5.73 Å². The fourth-order valence-corrected chi connectivity index (χ4v) is 2.27. The lowest BCUT2D eigenvalue weighted by atomic mass is 9.93. The standard InChI is InChI=1S/C14H14N2O/c15-9-11-8-10-4-3-7-16-14(10)17-13-6-2-1-5-12(11)13/h1-7,11H,8-9,15H2/t11-/m1/s1. The normalized spacial score (nSPS) is 17.6. The van der Waals surface area contributed by atoms with Crippen LogP contribution in [0.3, 0.4) is 0 Å². The second kappa shape index (κ2) is 4.18. The fourth-order valence-electron chi connectivity index (χ4n) is 2.27. The van der Waals surface area contributed by atoms with Gasteiger partial charge in [-0.15, -0.1) is 0 Å². The fraction of sp³-hybridized carbons (Fsp3) is 0.214. The molecular formula is C14H14N2O. The molecule has 0 fully saturated rings. The van der Waals surface area contributed by atoms with Crippen LogP contribution < -0.4 is 10.5 Å². The molecule has 2 heterocycles. The summed E-state index contributed by atoms with van der Waals surface area (Å²) >= 11 is 0. The summed E-state index contributed by atoms with van der Waals surface area (Å²) < 4.78 is 5.87. The summed E-state index contributed by atoms with van der Waals surface area (Å²) in [5, 5.41) is 0. The quantitative estimate of drug-likeness (QED) is 0.812. The smallest absolute Gasteiger partial charge is 0.222 e. The average molecular weight is 226 g/mol. The highest BCUT2D eigenvalue weighted by Gasteiger charge is 2.22. The maximum atomic E-state index is 5.87. The number of aromatic nitrogens is 1. The van der Waals surface area contributed by atoms with Crippen LogP contribution in [-0.2, 0) is 6.42 Å². The SMILES string of the molecule is NC[C@H]1Cc2cccnc2Oc2ccccc21. The molecule has 0 aliphatic carbocycles. The molecule has 0 amide bonds. The Morgan fingerprint density at radius 3 is 3.00 bits per heavy atom. The van der Waals surface area contributed by atoms with E-state index in [0.29, 0.717) is 18.3 Å². The predicted molar refractivity (Wildman–Crippen MR) is 66.3 cm³/mol. The molecule has 0 unspecified atom stereocenters. The Morgan fingerprint density at radius 1 is 1.24 bits per heavy atom. The van der Waals surface area contributed by atoms with Gasteiger partial charge >= 0.3 is 0 Å².